The quantitative estimate of drug-likeness (QED) is 0.292. The van der Waals surface area contributed by atoms with Crippen molar-refractivity contribution in [3.8, 4) is 0 Å². The molecular formula is C30H49N5O. The number of hydrogen-bond donors (Lipinski definition) is 0. The second-order valence-corrected chi connectivity index (χ2v) is 11.3. The molecular weight excluding hydrogens is 446 g/mol. The van der Waals surface area contributed by atoms with Crippen LogP contribution in [0.2, 0.25) is 0 Å². The van der Waals surface area contributed by atoms with Gasteiger partial charge in [-0.05, 0) is 50.2 Å². The minimum Gasteiger partial charge on any atom is -0.493 e. The summed E-state index contributed by atoms with van der Waals surface area (Å²) < 4.78 is 5.68. The topological polar surface area (TPSA) is 44.7 Å². The summed E-state index contributed by atoms with van der Waals surface area (Å²) in [5.41, 5.74) is 2.91. The zero-order chi connectivity index (χ0) is 26.0. The molecule has 36 heavy (non-hydrogen) atoms. The van der Waals surface area contributed by atoms with Gasteiger partial charge < -0.3 is 9.64 Å². The lowest BCUT2D eigenvalue weighted by Crippen LogP contribution is -2.52. The number of fused-ring (bicyclic) bond motifs is 1. The molecule has 6 nitrogen and oxygen atoms in total. The number of allylic oxidation sites excluding steroid dienone is 4. The first-order valence-corrected chi connectivity index (χ1v) is 13.9. The van der Waals surface area contributed by atoms with Gasteiger partial charge in [0.1, 0.15) is 12.4 Å². The van der Waals surface area contributed by atoms with E-state index >= 15 is 0 Å². The maximum Gasteiger partial charge on any atom is 0.225 e. The second-order valence-electron chi connectivity index (χ2n) is 11.3. The number of nitrogens with zero attached hydrogens (tertiary/aromatic N) is 5. The fraction of sp³-hybridized carbons (Fsp3) is 0.667. The second kappa shape index (κ2) is 13.9. The molecule has 1 aliphatic carbocycles. The Kier molecular flexibility index (Phi) is 11.0. The minimum absolute atomic E-state index is 0.370. The van der Waals surface area contributed by atoms with E-state index < -0.39 is 0 Å². The van der Waals surface area contributed by atoms with Crippen molar-refractivity contribution in [1.82, 2.24) is 19.8 Å². The van der Waals surface area contributed by atoms with Gasteiger partial charge in [-0.1, -0.05) is 52.0 Å². The summed E-state index contributed by atoms with van der Waals surface area (Å²) in [5.74, 6) is 1.66. The van der Waals surface area contributed by atoms with E-state index in [1.54, 1.807) is 0 Å². The molecule has 0 N–H and O–H groups in total. The molecule has 1 aromatic rings. The van der Waals surface area contributed by atoms with E-state index in [-0.39, 0.29) is 0 Å². The highest BCUT2D eigenvalue weighted by atomic mass is 16.5. The largest absolute Gasteiger partial charge is 0.493 e. The first-order chi connectivity index (χ1) is 17.3. The smallest absolute Gasteiger partial charge is 0.225 e. The molecule has 3 heterocycles. The van der Waals surface area contributed by atoms with Gasteiger partial charge in [-0.3, -0.25) is 9.80 Å². The fourth-order valence-corrected chi connectivity index (χ4v) is 4.97. The Morgan fingerprint density at radius 1 is 1.06 bits per heavy atom. The van der Waals surface area contributed by atoms with Gasteiger partial charge in [0, 0.05) is 64.5 Å². The van der Waals surface area contributed by atoms with Crippen LogP contribution in [0.3, 0.4) is 0 Å². The number of piperazine rings is 1. The van der Waals surface area contributed by atoms with Crippen molar-refractivity contribution in [2.75, 3.05) is 57.3 Å². The van der Waals surface area contributed by atoms with E-state index in [4.69, 9.17) is 14.7 Å². The Bertz CT molecular complexity index is 876. The Morgan fingerprint density at radius 3 is 2.36 bits per heavy atom. The standard InChI is InChI=1S/C23H35N5O.C7H14/c1-3-5-19(2)29-17-16-26-10-8-20-18-24-23(25-22(20)9-11-26)28-14-12-27(13-15-28)21-6-4-7-21;1-5-6-7(2,3)4/h3,5,18,21H,2,4,6-17H2,1H3;5-6H,1-4H3/b5-3-;6-5+. The molecule has 1 saturated carbocycles. The molecule has 0 radical (unpaired) electrons. The van der Waals surface area contributed by atoms with E-state index in [1.165, 1.54) is 30.5 Å². The van der Waals surface area contributed by atoms with Crippen LogP contribution in [0.15, 0.2) is 42.8 Å². The molecule has 200 valence electrons. The molecule has 0 amide bonds. The van der Waals surface area contributed by atoms with Crippen LogP contribution in [0, 0.1) is 5.41 Å². The van der Waals surface area contributed by atoms with Crippen LogP contribution >= 0.6 is 0 Å². The van der Waals surface area contributed by atoms with E-state index in [1.807, 2.05) is 26.0 Å². The molecule has 0 unspecified atom stereocenters. The first-order valence-electron chi connectivity index (χ1n) is 13.9. The van der Waals surface area contributed by atoms with Crippen molar-refractivity contribution in [3.63, 3.8) is 0 Å². The summed E-state index contributed by atoms with van der Waals surface area (Å²) in [6.07, 6.45) is 16.4. The summed E-state index contributed by atoms with van der Waals surface area (Å²) in [5, 5.41) is 0. The third-order valence-electron chi connectivity index (χ3n) is 7.21. The molecule has 0 atom stereocenters. The summed E-state index contributed by atoms with van der Waals surface area (Å²) in [4.78, 5) is 17.2. The SMILES string of the molecule is C/C=C/C(C)(C)C.C=C(/C=C\C)OCCN1CCc2cnc(N3CCN(C4CCC4)CC3)nc2CC1. The van der Waals surface area contributed by atoms with Gasteiger partial charge in [-0.25, -0.2) is 9.97 Å². The molecule has 0 spiro atoms. The van der Waals surface area contributed by atoms with Crippen molar-refractivity contribution < 1.29 is 4.74 Å². The van der Waals surface area contributed by atoms with Gasteiger partial charge in [0.05, 0.1) is 5.69 Å². The molecule has 6 heteroatoms. The molecule has 2 fully saturated rings. The number of aromatic nitrogens is 2. The fourth-order valence-electron chi connectivity index (χ4n) is 4.97. The highest BCUT2D eigenvalue weighted by Gasteiger charge is 2.29. The van der Waals surface area contributed by atoms with Crippen molar-refractivity contribution in [3.05, 3.63) is 54.1 Å². The highest BCUT2D eigenvalue weighted by molar-refractivity contribution is 5.35. The highest BCUT2D eigenvalue weighted by Crippen LogP contribution is 2.26. The maximum atomic E-state index is 5.68. The van der Waals surface area contributed by atoms with E-state index in [0.717, 1.165) is 76.4 Å². The Morgan fingerprint density at radius 2 is 1.78 bits per heavy atom. The van der Waals surface area contributed by atoms with Crippen LogP contribution in [-0.4, -0.2) is 78.2 Å². The molecule has 4 rings (SSSR count). The summed E-state index contributed by atoms with van der Waals surface area (Å²) in [6, 6.07) is 0.843. The average Bonchev–Trinajstić information content (AvgIpc) is 3.00. The number of anilines is 1. The minimum atomic E-state index is 0.370. The van der Waals surface area contributed by atoms with Gasteiger partial charge in [0.2, 0.25) is 5.95 Å². The van der Waals surface area contributed by atoms with Crippen LogP contribution < -0.4 is 4.90 Å². The van der Waals surface area contributed by atoms with Crippen LogP contribution in [0.5, 0.6) is 0 Å². The number of ether oxygens (including phenoxy) is 1. The van der Waals surface area contributed by atoms with Gasteiger partial charge in [-0.2, -0.15) is 0 Å². The molecule has 0 aromatic carbocycles. The Labute approximate surface area is 220 Å². The van der Waals surface area contributed by atoms with Gasteiger partial charge in [-0.15, -0.1) is 0 Å². The maximum absolute atomic E-state index is 5.68. The lowest BCUT2D eigenvalue weighted by atomic mass is 9.91. The van der Waals surface area contributed by atoms with Crippen molar-refractivity contribution >= 4 is 5.95 Å². The third kappa shape index (κ3) is 9.04. The number of hydrogen-bond acceptors (Lipinski definition) is 6. The molecule has 1 saturated heterocycles. The van der Waals surface area contributed by atoms with Gasteiger partial charge >= 0.3 is 0 Å². The molecule has 2 aliphatic heterocycles. The first kappa shape index (κ1) is 28.4. The zero-order valence-electron chi connectivity index (χ0n) is 23.5. The Balaban J connectivity index is 0.000000454. The lowest BCUT2D eigenvalue weighted by Gasteiger charge is -2.43. The van der Waals surface area contributed by atoms with Crippen molar-refractivity contribution in [2.24, 2.45) is 5.41 Å². The van der Waals surface area contributed by atoms with E-state index in [9.17, 15) is 0 Å². The van der Waals surface area contributed by atoms with E-state index in [0.29, 0.717) is 12.0 Å². The molecule has 1 aromatic heterocycles. The average molecular weight is 496 g/mol. The van der Waals surface area contributed by atoms with E-state index in [2.05, 4.69) is 60.4 Å². The lowest BCUT2D eigenvalue weighted by molar-refractivity contribution is 0.120. The predicted molar refractivity (Wildman–Crippen MR) is 151 cm³/mol. The summed E-state index contributed by atoms with van der Waals surface area (Å²) in [6.45, 7) is 22.6. The summed E-state index contributed by atoms with van der Waals surface area (Å²) >= 11 is 0. The molecule has 0 bridgehead atoms. The third-order valence-corrected chi connectivity index (χ3v) is 7.21. The van der Waals surface area contributed by atoms with Crippen LogP contribution in [0.25, 0.3) is 0 Å². The normalized spacial score (nSPS) is 20.0. The van der Waals surface area contributed by atoms with Gasteiger partial charge in [0.15, 0.2) is 0 Å². The zero-order valence-corrected chi connectivity index (χ0v) is 23.5. The predicted octanol–water partition coefficient (Wildman–Crippen LogP) is 5.27. The van der Waals surface area contributed by atoms with Gasteiger partial charge in [0.25, 0.3) is 0 Å². The monoisotopic (exact) mass is 495 g/mol. The van der Waals surface area contributed by atoms with Crippen molar-refractivity contribution in [1.29, 1.82) is 0 Å². The Hall–Kier alpha value is -2.18. The van der Waals surface area contributed by atoms with Crippen LogP contribution in [-0.2, 0) is 17.6 Å². The van der Waals surface area contributed by atoms with Crippen LogP contribution in [0.1, 0.15) is 65.1 Å². The summed E-state index contributed by atoms with van der Waals surface area (Å²) in [7, 11) is 0. The van der Waals surface area contributed by atoms with Crippen molar-refractivity contribution in [2.45, 2.75) is 72.8 Å². The number of rotatable bonds is 7. The molecule has 3 aliphatic rings. The van der Waals surface area contributed by atoms with Crippen LogP contribution in [0.4, 0.5) is 5.95 Å².